The maximum Gasteiger partial charge on any atom is 0.149 e. The number of nitrogens with zero attached hydrogens (tertiary/aromatic N) is 2. The second-order valence-electron chi connectivity index (χ2n) is 6.49. The number of benzene rings is 3. The van der Waals surface area contributed by atoms with Crippen LogP contribution >= 0.6 is 15.9 Å². The number of imidazole rings is 1. The molecule has 30 heavy (non-hydrogen) atoms. The summed E-state index contributed by atoms with van der Waals surface area (Å²) < 4.78 is 33.5. The van der Waals surface area contributed by atoms with E-state index in [1.807, 2.05) is 0 Å². The fourth-order valence-corrected chi connectivity index (χ4v) is 3.44. The average molecular weight is 466 g/mol. The van der Waals surface area contributed by atoms with Gasteiger partial charge in [0.05, 0.1) is 21.1 Å². The Bertz CT molecular complexity index is 1310. The van der Waals surface area contributed by atoms with E-state index in [4.69, 9.17) is 4.74 Å². The van der Waals surface area contributed by atoms with Gasteiger partial charge in [0.15, 0.2) is 0 Å². The van der Waals surface area contributed by atoms with Crippen LogP contribution < -0.4 is 4.74 Å². The lowest BCUT2D eigenvalue weighted by atomic mass is 10.1. The van der Waals surface area contributed by atoms with Crippen LogP contribution in [-0.4, -0.2) is 9.97 Å². The van der Waals surface area contributed by atoms with Crippen LogP contribution in [0.25, 0.3) is 22.7 Å². The quantitative estimate of drug-likeness (QED) is 0.354. The summed E-state index contributed by atoms with van der Waals surface area (Å²) in [5.41, 5.74) is 2.60. The van der Waals surface area contributed by atoms with E-state index < -0.39 is 0 Å². The molecular formula is C23H14BrF2N3O. The highest BCUT2D eigenvalue weighted by Crippen LogP contribution is 2.29. The first-order valence-electron chi connectivity index (χ1n) is 8.96. The molecule has 7 heteroatoms. The first kappa shape index (κ1) is 19.8. The number of halogens is 3. The number of allylic oxidation sites excluding steroid dienone is 1. The molecule has 148 valence electrons. The average Bonchev–Trinajstić information content (AvgIpc) is 3.15. The number of ether oxygens (including phenoxy) is 1. The summed E-state index contributed by atoms with van der Waals surface area (Å²) in [6.07, 6.45) is 1.67. The van der Waals surface area contributed by atoms with Gasteiger partial charge in [0.1, 0.15) is 35.9 Å². The Labute approximate surface area is 179 Å². The summed E-state index contributed by atoms with van der Waals surface area (Å²) in [5.74, 6) is 0.204. The van der Waals surface area contributed by atoms with Crippen molar-refractivity contribution in [1.82, 2.24) is 9.97 Å². The van der Waals surface area contributed by atoms with Gasteiger partial charge in [-0.15, -0.1) is 0 Å². The van der Waals surface area contributed by atoms with E-state index in [-0.39, 0.29) is 18.2 Å². The molecule has 0 unspecified atom stereocenters. The molecule has 0 saturated carbocycles. The summed E-state index contributed by atoms with van der Waals surface area (Å²) in [7, 11) is 0. The van der Waals surface area contributed by atoms with Gasteiger partial charge in [-0.2, -0.15) is 5.26 Å². The van der Waals surface area contributed by atoms with Crippen molar-refractivity contribution in [3.05, 3.63) is 93.7 Å². The smallest absolute Gasteiger partial charge is 0.149 e. The predicted molar refractivity (Wildman–Crippen MR) is 114 cm³/mol. The minimum absolute atomic E-state index is 0.0967. The highest BCUT2D eigenvalue weighted by Gasteiger charge is 2.10. The minimum Gasteiger partial charge on any atom is -0.488 e. The molecule has 0 spiro atoms. The first-order valence-corrected chi connectivity index (χ1v) is 9.76. The number of nitrogens with one attached hydrogen (secondary N) is 1. The third-order valence-electron chi connectivity index (χ3n) is 4.43. The standard InChI is InChI=1S/C23H14BrF2N3O/c24-18-10-14(5-8-22(18)30-13-15-3-1-2-4-19(15)26)9-16(12-27)23-28-20-7-6-17(25)11-21(20)29-23/h1-11H,13H2,(H,28,29)/b16-9-. The van der Waals surface area contributed by atoms with E-state index in [1.165, 1.54) is 18.2 Å². The van der Waals surface area contributed by atoms with Crippen molar-refractivity contribution >= 4 is 38.6 Å². The van der Waals surface area contributed by atoms with Crippen molar-refractivity contribution in [2.45, 2.75) is 6.61 Å². The molecule has 1 N–H and O–H groups in total. The molecule has 0 amide bonds. The van der Waals surface area contributed by atoms with Crippen LogP contribution in [0.2, 0.25) is 0 Å². The van der Waals surface area contributed by atoms with E-state index in [0.29, 0.717) is 38.2 Å². The van der Waals surface area contributed by atoms with E-state index in [0.717, 1.165) is 5.56 Å². The number of aromatic amines is 1. The number of aromatic nitrogens is 2. The van der Waals surface area contributed by atoms with Gasteiger partial charge in [-0.1, -0.05) is 24.3 Å². The van der Waals surface area contributed by atoms with Crippen molar-refractivity contribution in [3.63, 3.8) is 0 Å². The number of hydrogen-bond acceptors (Lipinski definition) is 3. The van der Waals surface area contributed by atoms with Crippen molar-refractivity contribution in [2.24, 2.45) is 0 Å². The van der Waals surface area contributed by atoms with Gasteiger partial charge in [-0.25, -0.2) is 13.8 Å². The van der Waals surface area contributed by atoms with Gasteiger partial charge in [0, 0.05) is 5.56 Å². The van der Waals surface area contributed by atoms with Crippen LogP contribution in [0.3, 0.4) is 0 Å². The fraction of sp³-hybridized carbons (Fsp3) is 0.0435. The van der Waals surface area contributed by atoms with Crippen LogP contribution in [0.5, 0.6) is 5.75 Å². The predicted octanol–water partition coefficient (Wildman–Crippen LogP) is 6.25. The zero-order chi connectivity index (χ0) is 21.1. The van der Waals surface area contributed by atoms with E-state index in [9.17, 15) is 14.0 Å². The Morgan fingerprint density at radius 3 is 2.73 bits per heavy atom. The largest absolute Gasteiger partial charge is 0.488 e. The molecule has 4 rings (SSSR count). The molecule has 1 aromatic heterocycles. The second kappa shape index (κ2) is 8.47. The molecule has 3 aromatic carbocycles. The van der Waals surface area contributed by atoms with Gasteiger partial charge in [0.2, 0.25) is 0 Å². The van der Waals surface area contributed by atoms with Crippen molar-refractivity contribution in [2.75, 3.05) is 0 Å². The zero-order valence-electron chi connectivity index (χ0n) is 15.5. The van der Waals surface area contributed by atoms with Gasteiger partial charge in [-0.3, -0.25) is 0 Å². The first-order chi connectivity index (χ1) is 14.5. The fourth-order valence-electron chi connectivity index (χ4n) is 2.92. The Kier molecular flexibility index (Phi) is 5.59. The molecule has 4 aromatic rings. The van der Waals surface area contributed by atoms with Gasteiger partial charge >= 0.3 is 0 Å². The van der Waals surface area contributed by atoms with Gasteiger partial charge in [-0.05, 0) is 64.0 Å². The van der Waals surface area contributed by atoms with E-state index in [2.05, 4.69) is 32.0 Å². The van der Waals surface area contributed by atoms with E-state index >= 15 is 0 Å². The number of fused-ring (bicyclic) bond motifs is 1. The summed E-state index contributed by atoms with van der Waals surface area (Å²) in [6.45, 7) is 0.0967. The summed E-state index contributed by atoms with van der Waals surface area (Å²) >= 11 is 3.45. The number of nitriles is 1. The van der Waals surface area contributed by atoms with Crippen LogP contribution in [0, 0.1) is 23.0 Å². The summed E-state index contributed by atoms with van der Waals surface area (Å²) in [5, 5.41) is 9.56. The molecule has 0 aliphatic carbocycles. The molecule has 0 aliphatic rings. The third-order valence-corrected chi connectivity index (χ3v) is 5.05. The van der Waals surface area contributed by atoms with Crippen LogP contribution in [-0.2, 0) is 6.61 Å². The Morgan fingerprint density at radius 1 is 1.13 bits per heavy atom. The van der Waals surface area contributed by atoms with Crippen LogP contribution in [0.15, 0.2) is 65.1 Å². The second-order valence-corrected chi connectivity index (χ2v) is 7.34. The Morgan fingerprint density at radius 2 is 1.97 bits per heavy atom. The van der Waals surface area contributed by atoms with Crippen molar-refractivity contribution < 1.29 is 13.5 Å². The van der Waals surface area contributed by atoms with Crippen LogP contribution in [0.4, 0.5) is 8.78 Å². The minimum atomic E-state index is -0.380. The highest BCUT2D eigenvalue weighted by molar-refractivity contribution is 9.10. The maximum absolute atomic E-state index is 13.7. The highest BCUT2D eigenvalue weighted by atomic mass is 79.9. The van der Waals surface area contributed by atoms with E-state index in [1.54, 1.807) is 48.5 Å². The third kappa shape index (κ3) is 4.24. The zero-order valence-corrected chi connectivity index (χ0v) is 17.1. The molecule has 0 atom stereocenters. The number of hydrogen-bond donors (Lipinski definition) is 1. The maximum atomic E-state index is 13.7. The molecule has 0 aliphatic heterocycles. The van der Waals surface area contributed by atoms with Crippen molar-refractivity contribution in [3.8, 4) is 11.8 Å². The summed E-state index contributed by atoms with van der Waals surface area (Å²) in [6, 6.07) is 18.1. The van der Waals surface area contributed by atoms with Gasteiger partial charge in [0.25, 0.3) is 0 Å². The molecule has 4 nitrogen and oxygen atoms in total. The monoisotopic (exact) mass is 465 g/mol. The lowest BCUT2D eigenvalue weighted by Crippen LogP contribution is -1.98. The van der Waals surface area contributed by atoms with Crippen LogP contribution in [0.1, 0.15) is 17.0 Å². The SMILES string of the molecule is N#C/C(=C/c1ccc(OCc2ccccc2F)c(Br)c1)c1nc2ccc(F)cc2[nH]1. The topological polar surface area (TPSA) is 61.7 Å². The molecular weight excluding hydrogens is 452 g/mol. The molecule has 1 heterocycles. The Balaban J connectivity index is 1.57. The molecule has 0 fully saturated rings. The Hall–Kier alpha value is -3.50. The molecule has 0 radical (unpaired) electrons. The number of rotatable bonds is 5. The summed E-state index contributed by atoms with van der Waals surface area (Å²) in [4.78, 5) is 7.31. The lowest BCUT2D eigenvalue weighted by molar-refractivity contribution is 0.298. The molecule has 0 bridgehead atoms. The lowest BCUT2D eigenvalue weighted by Gasteiger charge is -2.09. The number of H-pyrrole nitrogens is 1. The molecule has 0 saturated heterocycles. The van der Waals surface area contributed by atoms with Gasteiger partial charge < -0.3 is 9.72 Å². The van der Waals surface area contributed by atoms with Crippen molar-refractivity contribution in [1.29, 1.82) is 5.26 Å². The normalized spacial score (nSPS) is 11.5.